The number of imide groups is 1. The van der Waals surface area contributed by atoms with E-state index in [1.807, 2.05) is 0 Å². The van der Waals surface area contributed by atoms with Gasteiger partial charge in [0.25, 0.3) is 0 Å². The van der Waals surface area contributed by atoms with Gasteiger partial charge in [0.1, 0.15) is 5.37 Å². The van der Waals surface area contributed by atoms with Crippen molar-refractivity contribution in [2.75, 3.05) is 0 Å². The van der Waals surface area contributed by atoms with Gasteiger partial charge < -0.3 is 0 Å². The third-order valence-corrected chi connectivity index (χ3v) is 4.96. The Morgan fingerprint density at radius 1 is 1.33 bits per heavy atom. The topological polar surface area (TPSA) is 54.5 Å². The SMILES string of the molecule is CC(=O)N1C(=O)[C@H](C)[C@H]1S(=O)c1ccc(Cl)cc1. The molecule has 0 spiro atoms. The predicted molar refractivity (Wildman–Crippen MR) is 68.3 cm³/mol. The lowest BCUT2D eigenvalue weighted by Gasteiger charge is -2.42. The van der Waals surface area contributed by atoms with Gasteiger partial charge in [-0.1, -0.05) is 18.5 Å². The molecule has 96 valence electrons. The van der Waals surface area contributed by atoms with Gasteiger partial charge in [0.15, 0.2) is 0 Å². The Morgan fingerprint density at radius 3 is 2.39 bits per heavy atom. The number of nitrogens with zero attached hydrogens (tertiary/aromatic N) is 1. The van der Waals surface area contributed by atoms with Crippen LogP contribution in [0.2, 0.25) is 5.02 Å². The first-order chi connectivity index (χ1) is 8.43. The van der Waals surface area contributed by atoms with Crippen molar-refractivity contribution in [3.63, 3.8) is 0 Å². The number of amides is 2. The highest BCUT2D eigenvalue weighted by Gasteiger charge is 2.50. The fourth-order valence-electron chi connectivity index (χ4n) is 1.93. The minimum atomic E-state index is -1.43. The lowest BCUT2D eigenvalue weighted by atomic mass is 10.0. The minimum Gasteiger partial charge on any atom is -0.275 e. The molecule has 1 aliphatic heterocycles. The zero-order valence-electron chi connectivity index (χ0n) is 9.92. The van der Waals surface area contributed by atoms with E-state index < -0.39 is 22.1 Å². The van der Waals surface area contributed by atoms with E-state index in [1.165, 1.54) is 6.92 Å². The average molecular weight is 286 g/mol. The van der Waals surface area contributed by atoms with Crippen LogP contribution in [0.1, 0.15) is 13.8 Å². The molecule has 2 amide bonds. The van der Waals surface area contributed by atoms with E-state index in [0.717, 1.165) is 4.90 Å². The molecule has 0 radical (unpaired) electrons. The van der Waals surface area contributed by atoms with E-state index in [-0.39, 0.29) is 11.8 Å². The molecule has 1 aromatic rings. The van der Waals surface area contributed by atoms with E-state index in [0.29, 0.717) is 9.92 Å². The molecule has 1 saturated heterocycles. The van der Waals surface area contributed by atoms with Crippen LogP contribution in [0.25, 0.3) is 0 Å². The molecule has 6 heteroatoms. The van der Waals surface area contributed by atoms with Crippen molar-refractivity contribution in [3.8, 4) is 0 Å². The molecule has 1 aliphatic rings. The van der Waals surface area contributed by atoms with Gasteiger partial charge in [-0.2, -0.15) is 0 Å². The van der Waals surface area contributed by atoms with Crippen molar-refractivity contribution >= 4 is 34.2 Å². The van der Waals surface area contributed by atoms with Crippen LogP contribution in [0.15, 0.2) is 29.2 Å². The second kappa shape index (κ2) is 4.82. The molecule has 18 heavy (non-hydrogen) atoms. The van der Waals surface area contributed by atoms with Crippen LogP contribution in [-0.2, 0) is 20.4 Å². The third-order valence-electron chi connectivity index (χ3n) is 2.91. The molecule has 2 rings (SSSR count). The Bertz CT molecular complexity index is 529. The summed E-state index contributed by atoms with van der Waals surface area (Å²) in [6, 6.07) is 6.56. The number of halogens is 1. The summed E-state index contributed by atoms with van der Waals surface area (Å²) in [5.74, 6) is -1.04. The maximum atomic E-state index is 12.3. The van der Waals surface area contributed by atoms with Crippen molar-refractivity contribution in [1.29, 1.82) is 0 Å². The van der Waals surface area contributed by atoms with Gasteiger partial charge in [-0.15, -0.1) is 0 Å². The van der Waals surface area contributed by atoms with E-state index >= 15 is 0 Å². The lowest BCUT2D eigenvalue weighted by Crippen LogP contribution is -2.63. The van der Waals surface area contributed by atoms with Crippen LogP contribution in [-0.4, -0.2) is 26.3 Å². The summed E-state index contributed by atoms with van der Waals surface area (Å²) >= 11 is 5.76. The lowest BCUT2D eigenvalue weighted by molar-refractivity contribution is -0.158. The van der Waals surface area contributed by atoms with Crippen molar-refractivity contribution in [2.24, 2.45) is 5.92 Å². The summed E-state index contributed by atoms with van der Waals surface area (Å²) in [6.07, 6.45) is 0. The second-order valence-corrected chi connectivity index (χ2v) is 6.14. The molecular formula is C12H12ClNO3S. The second-order valence-electron chi connectivity index (χ2n) is 4.16. The van der Waals surface area contributed by atoms with Gasteiger partial charge in [0.05, 0.1) is 16.7 Å². The zero-order valence-corrected chi connectivity index (χ0v) is 11.5. The number of carbonyl (C=O) groups excluding carboxylic acids is 2. The van der Waals surface area contributed by atoms with Gasteiger partial charge >= 0.3 is 0 Å². The van der Waals surface area contributed by atoms with Gasteiger partial charge in [-0.25, -0.2) is 0 Å². The third kappa shape index (κ3) is 2.08. The highest BCUT2D eigenvalue weighted by Crippen LogP contribution is 2.32. The molecule has 1 fully saturated rings. The molecule has 1 aromatic carbocycles. The van der Waals surface area contributed by atoms with E-state index in [1.54, 1.807) is 31.2 Å². The molecule has 0 bridgehead atoms. The van der Waals surface area contributed by atoms with Crippen LogP contribution in [0.4, 0.5) is 0 Å². The summed E-state index contributed by atoms with van der Waals surface area (Å²) in [7, 11) is -1.43. The zero-order chi connectivity index (χ0) is 13.4. The van der Waals surface area contributed by atoms with E-state index in [9.17, 15) is 13.8 Å². The maximum Gasteiger partial charge on any atom is 0.236 e. The number of hydrogen-bond donors (Lipinski definition) is 0. The van der Waals surface area contributed by atoms with Crippen molar-refractivity contribution in [1.82, 2.24) is 4.90 Å². The van der Waals surface area contributed by atoms with Crippen molar-refractivity contribution < 1.29 is 13.8 Å². The molecule has 0 aliphatic carbocycles. The highest BCUT2D eigenvalue weighted by molar-refractivity contribution is 7.85. The standard InChI is InChI=1S/C12H12ClNO3S/c1-7-11(16)14(8(2)15)12(7)18(17)10-5-3-9(13)4-6-10/h3-7,12H,1-2H3/t7-,12+,18?/m0/s1. The highest BCUT2D eigenvalue weighted by atomic mass is 35.5. The molecule has 1 heterocycles. The van der Waals surface area contributed by atoms with E-state index in [4.69, 9.17) is 11.6 Å². The minimum absolute atomic E-state index is 0.269. The van der Waals surface area contributed by atoms with E-state index in [2.05, 4.69) is 0 Å². The molecular weight excluding hydrogens is 274 g/mol. The first-order valence-electron chi connectivity index (χ1n) is 5.43. The van der Waals surface area contributed by atoms with Crippen LogP contribution in [0, 0.1) is 5.92 Å². The van der Waals surface area contributed by atoms with Crippen molar-refractivity contribution in [2.45, 2.75) is 24.1 Å². The summed E-state index contributed by atoms with van der Waals surface area (Å²) < 4.78 is 12.3. The average Bonchev–Trinajstić information content (AvgIpc) is 2.34. The molecule has 1 unspecified atom stereocenters. The number of rotatable bonds is 2. The number of benzene rings is 1. The Morgan fingerprint density at radius 2 is 1.89 bits per heavy atom. The monoisotopic (exact) mass is 285 g/mol. The Kier molecular flexibility index (Phi) is 3.54. The maximum absolute atomic E-state index is 12.3. The largest absolute Gasteiger partial charge is 0.275 e. The fourth-order valence-corrected chi connectivity index (χ4v) is 3.67. The number of likely N-dealkylation sites (tertiary alicyclic amines) is 1. The summed E-state index contributed by atoms with van der Waals surface area (Å²) in [6.45, 7) is 2.98. The predicted octanol–water partition coefficient (Wildman–Crippen LogP) is 1.80. The Balaban J connectivity index is 2.26. The molecule has 0 aromatic heterocycles. The number of carbonyl (C=O) groups is 2. The summed E-state index contributed by atoms with van der Waals surface area (Å²) in [4.78, 5) is 24.5. The Hall–Kier alpha value is -1.20. The summed E-state index contributed by atoms with van der Waals surface area (Å²) in [5, 5.41) is -0.0203. The van der Waals surface area contributed by atoms with Crippen LogP contribution in [0.3, 0.4) is 0 Å². The van der Waals surface area contributed by atoms with Gasteiger partial charge in [0, 0.05) is 16.8 Å². The quantitative estimate of drug-likeness (QED) is 0.779. The van der Waals surface area contributed by atoms with Crippen LogP contribution < -0.4 is 0 Å². The molecule has 3 atom stereocenters. The number of hydrogen-bond acceptors (Lipinski definition) is 3. The summed E-state index contributed by atoms with van der Waals surface area (Å²) in [5.41, 5.74) is 0. The first-order valence-corrected chi connectivity index (χ1v) is 7.02. The van der Waals surface area contributed by atoms with Crippen molar-refractivity contribution in [3.05, 3.63) is 29.3 Å². The van der Waals surface area contributed by atoms with Gasteiger partial charge in [-0.3, -0.25) is 18.7 Å². The molecule has 4 nitrogen and oxygen atoms in total. The number of β-lactam (4-membered cyclic amide) rings is 1. The smallest absolute Gasteiger partial charge is 0.236 e. The van der Waals surface area contributed by atoms with Crippen LogP contribution >= 0.6 is 11.6 Å². The van der Waals surface area contributed by atoms with Gasteiger partial charge in [0.2, 0.25) is 11.8 Å². The molecule has 0 saturated carbocycles. The van der Waals surface area contributed by atoms with Gasteiger partial charge in [-0.05, 0) is 24.3 Å². The first kappa shape index (κ1) is 13.2. The normalized spacial score (nSPS) is 24.6. The molecule has 0 N–H and O–H groups in total. The fraction of sp³-hybridized carbons (Fsp3) is 0.333. The Labute approximate surface area is 112 Å². The van der Waals surface area contributed by atoms with Crippen LogP contribution in [0.5, 0.6) is 0 Å².